The van der Waals surface area contributed by atoms with E-state index in [-0.39, 0.29) is 6.09 Å². The van der Waals surface area contributed by atoms with E-state index in [1.54, 1.807) is 16.2 Å². The fraction of sp³-hybridized carbons (Fsp3) is 0.615. The Labute approximate surface area is 107 Å². The summed E-state index contributed by atoms with van der Waals surface area (Å²) in [6, 6.07) is 3.88. The van der Waals surface area contributed by atoms with E-state index in [0.717, 1.165) is 17.8 Å². The van der Waals surface area contributed by atoms with Crippen molar-refractivity contribution in [3.8, 4) is 0 Å². The molecule has 0 radical (unpaired) electrons. The van der Waals surface area contributed by atoms with Gasteiger partial charge in [0, 0.05) is 6.54 Å². The lowest BCUT2D eigenvalue weighted by atomic mass is 10.2. The average molecular weight is 255 g/mol. The minimum atomic E-state index is -0.230. The fourth-order valence-electron chi connectivity index (χ4n) is 1.56. The lowest BCUT2D eigenvalue weighted by Gasteiger charge is -2.18. The molecule has 4 heteroatoms. The van der Waals surface area contributed by atoms with Crippen molar-refractivity contribution in [2.24, 2.45) is 0 Å². The van der Waals surface area contributed by atoms with Crippen LogP contribution in [0.15, 0.2) is 17.5 Å². The molecule has 3 nitrogen and oxygen atoms in total. The molecule has 96 valence electrons. The number of amides is 1. The SMILES string of the molecule is CCCCCCOC(=O)N(CC)c1cccs1. The van der Waals surface area contributed by atoms with E-state index in [0.29, 0.717) is 13.2 Å². The Morgan fingerprint density at radius 3 is 2.76 bits per heavy atom. The summed E-state index contributed by atoms with van der Waals surface area (Å²) in [5.41, 5.74) is 0. The first kappa shape index (κ1) is 14.0. The van der Waals surface area contributed by atoms with E-state index < -0.39 is 0 Å². The summed E-state index contributed by atoms with van der Waals surface area (Å²) in [5.74, 6) is 0. The molecule has 1 aromatic heterocycles. The van der Waals surface area contributed by atoms with Crippen molar-refractivity contribution in [3.63, 3.8) is 0 Å². The van der Waals surface area contributed by atoms with Crippen LogP contribution < -0.4 is 4.90 Å². The Morgan fingerprint density at radius 1 is 1.35 bits per heavy atom. The van der Waals surface area contributed by atoms with Crippen molar-refractivity contribution in [1.82, 2.24) is 0 Å². The van der Waals surface area contributed by atoms with Crippen LogP contribution in [0.5, 0.6) is 0 Å². The molecule has 0 aromatic carbocycles. The molecule has 0 aliphatic carbocycles. The third-order valence-electron chi connectivity index (χ3n) is 2.53. The summed E-state index contributed by atoms with van der Waals surface area (Å²) >= 11 is 1.56. The van der Waals surface area contributed by atoms with E-state index in [1.165, 1.54) is 12.8 Å². The molecule has 0 unspecified atom stereocenters. The molecular weight excluding hydrogens is 234 g/mol. The number of anilines is 1. The highest BCUT2D eigenvalue weighted by Gasteiger charge is 2.15. The van der Waals surface area contributed by atoms with Crippen molar-refractivity contribution in [2.45, 2.75) is 39.5 Å². The smallest absolute Gasteiger partial charge is 0.414 e. The zero-order valence-corrected chi connectivity index (χ0v) is 11.5. The second-order valence-corrected chi connectivity index (χ2v) is 4.80. The molecule has 0 saturated heterocycles. The molecule has 1 amide bonds. The third-order valence-corrected chi connectivity index (χ3v) is 3.42. The summed E-state index contributed by atoms with van der Waals surface area (Å²) in [6.45, 7) is 5.30. The molecule has 0 N–H and O–H groups in total. The van der Waals surface area contributed by atoms with Gasteiger partial charge in [-0.3, -0.25) is 4.90 Å². The van der Waals surface area contributed by atoms with Crippen LogP contribution in [0.4, 0.5) is 9.80 Å². The monoisotopic (exact) mass is 255 g/mol. The van der Waals surface area contributed by atoms with Gasteiger partial charge < -0.3 is 4.74 Å². The summed E-state index contributed by atoms with van der Waals surface area (Å²) in [7, 11) is 0. The molecule has 1 heterocycles. The van der Waals surface area contributed by atoms with Gasteiger partial charge in [0.25, 0.3) is 0 Å². The van der Waals surface area contributed by atoms with Crippen LogP contribution in [-0.4, -0.2) is 19.2 Å². The van der Waals surface area contributed by atoms with Crippen LogP contribution in [0.3, 0.4) is 0 Å². The van der Waals surface area contributed by atoms with Crippen molar-refractivity contribution in [1.29, 1.82) is 0 Å². The zero-order chi connectivity index (χ0) is 12.5. The van der Waals surface area contributed by atoms with Crippen LogP contribution in [0.25, 0.3) is 0 Å². The fourth-order valence-corrected chi connectivity index (χ4v) is 2.35. The average Bonchev–Trinajstić information content (AvgIpc) is 2.83. The van der Waals surface area contributed by atoms with E-state index >= 15 is 0 Å². The first-order valence-electron chi connectivity index (χ1n) is 6.27. The molecule has 1 rings (SSSR count). The number of rotatable bonds is 7. The molecule has 0 aliphatic heterocycles. The number of carbonyl (C=O) groups excluding carboxylic acids is 1. The van der Waals surface area contributed by atoms with E-state index in [4.69, 9.17) is 4.74 Å². The van der Waals surface area contributed by atoms with E-state index in [1.807, 2.05) is 24.4 Å². The van der Waals surface area contributed by atoms with Gasteiger partial charge in [0.15, 0.2) is 0 Å². The first-order valence-corrected chi connectivity index (χ1v) is 7.15. The van der Waals surface area contributed by atoms with Crippen molar-refractivity contribution in [2.75, 3.05) is 18.1 Å². The maximum Gasteiger partial charge on any atom is 0.414 e. The predicted octanol–water partition coefficient (Wildman–Crippen LogP) is 4.29. The van der Waals surface area contributed by atoms with Crippen LogP contribution in [0.1, 0.15) is 39.5 Å². The minimum Gasteiger partial charge on any atom is -0.449 e. The van der Waals surface area contributed by atoms with Crippen LogP contribution in [0.2, 0.25) is 0 Å². The minimum absolute atomic E-state index is 0.230. The number of hydrogen-bond acceptors (Lipinski definition) is 3. The van der Waals surface area contributed by atoms with Crippen LogP contribution in [0, 0.1) is 0 Å². The number of carbonyl (C=O) groups is 1. The second-order valence-electron chi connectivity index (χ2n) is 3.87. The number of unbranched alkanes of at least 4 members (excludes halogenated alkanes) is 3. The molecule has 0 saturated carbocycles. The summed E-state index contributed by atoms with van der Waals surface area (Å²) < 4.78 is 5.26. The van der Waals surface area contributed by atoms with Gasteiger partial charge in [-0.25, -0.2) is 4.79 Å². The zero-order valence-electron chi connectivity index (χ0n) is 10.6. The third kappa shape index (κ3) is 4.77. The van der Waals surface area contributed by atoms with Gasteiger partial charge in [0.1, 0.15) is 5.00 Å². The number of ether oxygens (including phenoxy) is 1. The number of nitrogens with zero attached hydrogens (tertiary/aromatic N) is 1. The van der Waals surface area contributed by atoms with Gasteiger partial charge in [-0.15, -0.1) is 11.3 Å². The maximum absolute atomic E-state index is 11.8. The van der Waals surface area contributed by atoms with Crippen LogP contribution >= 0.6 is 11.3 Å². The lowest BCUT2D eigenvalue weighted by molar-refractivity contribution is 0.151. The van der Waals surface area contributed by atoms with Gasteiger partial charge in [-0.2, -0.15) is 0 Å². The van der Waals surface area contributed by atoms with Gasteiger partial charge in [0.2, 0.25) is 0 Å². The van der Waals surface area contributed by atoms with E-state index in [9.17, 15) is 4.79 Å². The Hall–Kier alpha value is -1.03. The summed E-state index contributed by atoms with van der Waals surface area (Å²) in [4.78, 5) is 13.5. The molecule has 0 atom stereocenters. The Balaban J connectivity index is 2.30. The number of hydrogen-bond donors (Lipinski definition) is 0. The van der Waals surface area contributed by atoms with Crippen molar-refractivity contribution < 1.29 is 9.53 Å². The van der Waals surface area contributed by atoms with Crippen molar-refractivity contribution in [3.05, 3.63) is 17.5 Å². The Morgan fingerprint density at radius 2 is 2.18 bits per heavy atom. The molecule has 0 fully saturated rings. The van der Waals surface area contributed by atoms with Gasteiger partial charge in [-0.1, -0.05) is 26.2 Å². The molecule has 0 bridgehead atoms. The normalized spacial score (nSPS) is 10.2. The van der Waals surface area contributed by atoms with Gasteiger partial charge in [0.05, 0.1) is 6.61 Å². The Kier molecular flexibility index (Phi) is 6.70. The molecular formula is C13H21NO2S. The molecule has 0 aliphatic rings. The maximum atomic E-state index is 11.8. The van der Waals surface area contributed by atoms with Gasteiger partial charge in [-0.05, 0) is 30.9 Å². The molecule has 0 spiro atoms. The predicted molar refractivity (Wildman–Crippen MR) is 72.8 cm³/mol. The highest BCUT2D eigenvalue weighted by molar-refractivity contribution is 7.14. The lowest BCUT2D eigenvalue weighted by Crippen LogP contribution is -2.30. The van der Waals surface area contributed by atoms with Gasteiger partial charge >= 0.3 is 6.09 Å². The molecule has 17 heavy (non-hydrogen) atoms. The van der Waals surface area contributed by atoms with Crippen molar-refractivity contribution >= 4 is 22.4 Å². The highest BCUT2D eigenvalue weighted by Crippen LogP contribution is 2.21. The molecule has 1 aromatic rings. The second kappa shape index (κ2) is 8.12. The van der Waals surface area contributed by atoms with Crippen LogP contribution in [-0.2, 0) is 4.74 Å². The number of thiophene rings is 1. The quantitative estimate of drug-likeness (QED) is 0.680. The highest BCUT2D eigenvalue weighted by atomic mass is 32.1. The summed E-state index contributed by atoms with van der Waals surface area (Å²) in [6.07, 6.45) is 4.27. The van der Waals surface area contributed by atoms with E-state index in [2.05, 4.69) is 6.92 Å². The largest absolute Gasteiger partial charge is 0.449 e. The first-order chi connectivity index (χ1) is 8.29. The Bertz CT molecular complexity index is 311. The standard InChI is InChI=1S/C13H21NO2S/c1-3-5-6-7-10-16-13(15)14(4-2)12-9-8-11-17-12/h8-9,11H,3-7,10H2,1-2H3. The summed E-state index contributed by atoms with van der Waals surface area (Å²) in [5, 5.41) is 2.91. The topological polar surface area (TPSA) is 29.5 Å².